The summed E-state index contributed by atoms with van der Waals surface area (Å²) in [4.78, 5) is 1.99. The number of piperazine rings is 1. The van der Waals surface area contributed by atoms with Gasteiger partial charge in [-0.3, -0.25) is 4.90 Å². The Hall–Kier alpha value is -0.580. The van der Waals surface area contributed by atoms with E-state index in [1.54, 1.807) is 6.07 Å². The minimum Gasteiger partial charge on any atom is -0.506 e. The Morgan fingerprint density at radius 1 is 1.38 bits per heavy atom. The summed E-state index contributed by atoms with van der Waals surface area (Å²) in [6.07, 6.45) is 0. The summed E-state index contributed by atoms with van der Waals surface area (Å²) in [6, 6.07) is 4.61. The Balaban J connectivity index is 0.00000200. The lowest BCUT2D eigenvalue weighted by Crippen LogP contribution is -2.45. The normalized spacial score (nSPS) is 16.2. The van der Waals surface area contributed by atoms with Gasteiger partial charge in [0, 0.05) is 31.7 Å². The van der Waals surface area contributed by atoms with Crippen molar-refractivity contribution in [3.8, 4) is 11.8 Å². The van der Waals surface area contributed by atoms with Crippen LogP contribution in [-0.4, -0.2) is 42.9 Å². The van der Waals surface area contributed by atoms with Gasteiger partial charge in [-0.1, -0.05) is 0 Å². The van der Waals surface area contributed by atoms with Crippen LogP contribution >= 0.6 is 40.7 Å². The Morgan fingerprint density at radius 2 is 2.00 bits per heavy atom. The second kappa shape index (κ2) is 9.44. The van der Waals surface area contributed by atoms with Crippen molar-refractivity contribution in [2.45, 2.75) is 6.04 Å². The SMILES string of the molecule is Cl.Cl.N#Cc1cc(Br)c(O)c([C@H](CF)N2CCNCC2)c1. The standard InChI is InChI=1S/C13H15BrFN3O.2ClH/c14-11-6-9(8-16)5-10(13(11)19)12(7-15)18-3-1-17-2-4-18;;/h5-6,12,17,19H,1-4,7H2;2*1H/t12-;;/m0../s1. The molecular weight excluding hydrogens is 384 g/mol. The minimum absolute atomic E-state index is 0. The molecule has 0 amide bonds. The van der Waals surface area contributed by atoms with Crippen LogP contribution in [-0.2, 0) is 0 Å². The molecule has 0 aliphatic carbocycles. The smallest absolute Gasteiger partial charge is 0.134 e. The molecule has 1 saturated heterocycles. The van der Waals surface area contributed by atoms with Crippen LogP contribution in [0.3, 0.4) is 0 Å². The first-order valence-corrected chi connectivity index (χ1v) is 6.90. The molecule has 1 atom stereocenters. The van der Waals surface area contributed by atoms with E-state index in [1.165, 1.54) is 6.07 Å². The Bertz CT molecular complexity index is 507. The quantitative estimate of drug-likeness (QED) is 0.818. The zero-order chi connectivity index (χ0) is 13.8. The van der Waals surface area contributed by atoms with Gasteiger partial charge in [-0.05, 0) is 28.1 Å². The topological polar surface area (TPSA) is 59.3 Å². The number of phenolic OH excluding ortho intramolecular Hbond substituents is 1. The number of phenols is 1. The lowest BCUT2D eigenvalue weighted by molar-refractivity contribution is 0.145. The molecule has 0 unspecified atom stereocenters. The molecule has 1 fully saturated rings. The average Bonchev–Trinajstić information content (AvgIpc) is 2.45. The molecule has 2 rings (SSSR count). The molecule has 1 aliphatic rings. The molecule has 0 aromatic heterocycles. The third kappa shape index (κ3) is 4.70. The molecule has 0 bridgehead atoms. The van der Waals surface area contributed by atoms with Gasteiger partial charge in [0.1, 0.15) is 12.4 Å². The van der Waals surface area contributed by atoms with E-state index >= 15 is 0 Å². The van der Waals surface area contributed by atoms with Gasteiger partial charge in [0.2, 0.25) is 0 Å². The van der Waals surface area contributed by atoms with Crippen molar-refractivity contribution in [3.05, 3.63) is 27.7 Å². The summed E-state index contributed by atoms with van der Waals surface area (Å²) in [5.41, 5.74) is 0.878. The van der Waals surface area contributed by atoms with Crippen molar-refractivity contribution < 1.29 is 9.50 Å². The second-order valence-corrected chi connectivity index (χ2v) is 5.32. The van der Waals surface area contributed by atoms with Crippen molar-refractivity contribution in [1.82, 2.24) is 10.2 Å². The second-order valence-electron chi connectivity index (χ2n) is 4.46. The van der Waals surface area contributed by atoms with Crippen molar-refractivity contribution in [2.75, 3.05) is 32.9 Å². The fourth-order valence-electron chi connectivity index (χ4n) is 2.31. The molecule has 1 aliphatic heterocycles. The first-order valence-electron chi connectivity index (χ1n) is 6.10. The van der Waals surface area contributed by atoms with Crippen molar-refractivity contribution in [2.24, 2.45) is 0 Å². The monoisotopic (exact) mass is 399 g/mol. The van der Waals surface area contributed by atoms with Gasteiger partial charge >= 0.3 is 0 Å². The predicted octanol–water partition coefficient (Wildman–Crippen LogP) is 2.79. The number of aromatic hydroxyl groups is 1. The zero-order valence-corrected chi connectivity index (χ0v) is 14.4. The van der Waals surface area contributed by atoms with Crippen LogP contribution in [0.15, 0.2) is 16.6 Å². The molecule has 1 aromatic carbocycles. The van der Waals surface area contributed by atoms with Gasteiger partial charge in [-0.25, -0.2) is 4.39 Å². The van der Waals surface area contributed by atoms with Crippen molar-refractivity contribution >= 4 is 40.7 Å². The fraction of sp³-hybridized carbons (Fsp3) is 0.462. The zero-order valence-electron chi connectivity index (χ0n) is 11.2. The largest absolute Gasteiger partial charge is 0.506 e. The molecular formula is C13H17BrCl2FN3O. The molecule has 1 heterocycles. The summed E-state index contributed by atoms with van der Waals surface area (Å²) in [6.45, 7) is 2.46. The van der Waals surface area contributed by atoms with E-state index in [0.29, 0.717) is 15.6 Å². The van der Waals surface area contributed by atoms with Crippen LogP contribution in [0.4, 0.5) is 4.39 Å². The number of nitrogens with one attached hydrogen (secondary N) is 1. The van der Waals surface area contributed by atoms with E-state index in [4.69, 9.17) is 5.26 Å². The maximum absolute atomic E-state index is 13.4. The molecule has 21 heavy (non-hydrogen) atoms. The van der Waals surface area contributed by atoms with Gasteiger partial charge in [0.05, 0.1) is 22.1 Å². The lowest BCUT2D eigenvalue weighted by atomic mass is 10.0. The molecule has 118 valence electrons. The third-order valence-electron chi connectivity index (χ3n) is 3.32. The predicted molar refractivity (Wildman–Crippen MR) is 88.2 cm³/mol. The number of nitrogens with zero attached hydrogens (tertiary/aromatic N) is 2. The number of nitriles is 1. The molecule has 0 spiro atoms. The Labute approximate surface area is 144 Å². The number of hydrogen-bond donors (Lipinski definition) is 2. The lowest BCUT2D eigenvalue weighted by Gasteiger charge is -2.34. The van der Waals surface area contributed by atoms with Gasteiger partial charge in [0.25, 0.3) is 0 Å². The van der Waals surface area contributed by atoms with Crippen LogP contribution < -0.4 is 5.32 Å². The van der Waals surface area contributed by atoms with Gasteiger partial charge in [0.15, 0.2) is 0 Å². The number of rotatable bonds is 3. The first kappa shape index (κ1) is 20.4. The molecule has 4 nitrogen and oxygen atoms in total. The van der Waals surface area contributed by atoms with Crippen LogP contribution in [0.25, 0.3) is 0 Å². The van der Waals surface area contributed by atoms with Gasteiger partial charge < -0.3 is 10.4 Å². The number of benzene rings is 1. The highest BCUT2D eigenvalue weighted by molar-refractivity contribution is 9.10. The molecule has 2 N–H and O–H groups in total. The fourth-order valence-corrected chi connectivity index (χ4v) is 2.79. The number of alkyl halides is 1. The summed E-state index contributed by atoms with van der Waals surface area (Å²) < 4.78 is 13.8. The highest BCUT2D eigenvalue weighted by Crippen LogP contribution is 2.36. The summed E-state index contributed by atoms with van der Waals surface area (Å²) in [5, 5.41) is 22.3. The van der Waals surface area contributed by atoms with Gasteiger partial charge in [-0.15, -0.1) is 24.8 Å². The molecule has 0 saturated carbocycles. The van der Waals surface area contributed by atoms with Crippen LogP contribution in [0, 0.1) is 11.3 Å². The number of hydrogen-bond acceptors (Lipinski definition) is 4. The Kier molecular flexibility index (Phi) is 9.18. The van der Waals surface area contributed by atoms with E-state index in [1.807, 2.05) is 11.0 Å². The van der Waals surface area contributed by atoms with E-state index in [-0.39, 0.29) is 30.6 Å². The summed E-state index contributed by atoms with van der Waals surface area (Å²) in [7, 11) is 0. The van der Waals surface area contributed by atoms with Crippen LogP contribution in [0.1, 0.15) is 17.2 Å². The van der Waals surface area contributed by atoms with Crippen LogP contribution in [0.2, 0.25) is 0 Å². The maximum Gasteiger partial charge on any atom is 0.134 e. The van der Waals surface area contributed by atoms with E-state index in [0.717, 1.165) is 26.2 Å². The number of halogens is 4. The molecule has 1 aromatic rings. The third-order valence-corrected chi connectivity index (χ3v) is 3.92. The minimum atomic E-state index is -0.588. The highest BCUT2D eigenvalue weighted by Gasteiger charge is 2.25. The molecule has 8 heteroatoms. The van der Waals surface area contributed by atoms with E-state index in [9.17, 15) is 9.50 Å². The maximum atomic E-state index is 13.4. The van der Waals surface area contributed by atoms with Crippen molar-refractivity contribution in [3.63, 3.8) is 0 Å². The van der Waals surface area contributed by atoms with Crippen LogP contribution in [0.5, 0.6) is 5.75 Å². The van der Waals surface area contributed by atoms with E-state index < -0.39 is 12.7 Å². The van der Waals surface area contributed by atoms with Gasteiger partial charge in [-0.2, -0.15) is 5.26 Å². The highest BCUT2D eigenvalue weighted by atomic mass is 79.9. The summed E-state index contributed by atoms with van der Waals surface area (Å²) in [5.74, 6) is 0.0141. The molecule has 0 radical (unpaired) electrons. The Morgan fingerprint density at radius 3 is 2.52 bits per heavy atom. The first-order chi connectivity index (χ1) is 9.17. The van der Waals surface area contributed by atoms with Crippen molar-refractivity contribution in [1.29, 1.82) is 5.26 Å². The average molecular weight is 401 g/mol. The summed E-state index contributed by atoms with van der Waals surface area (Å²) >= 11 is 3.20. The van der Waals surface area contributed by atoms with E-state index in [2.05, 4.69) is 21.2 Å².